The van der Waals surface area contributed by atoms with Crippen molar-refractivity contribution < 1.29 is 9.47 Å². The van der Waals surface area contributed by atoms with Crippen molar-refractivity contribution in [2.24, 2.45) is 0 Å². The number of benzene rings is 1. The van der Waals surface area contributed by atoms with Gasteiger partial charge in [0.15, 0.2) is 11.5 Å². The standard InChI is InChI=1S/C20H27N5O2/c1-3-6-21-19-12-20(23-15(2)22-19)25-9-7-24(8-10-25)13-16-4-5-17-18(11-16)27-14-26-17/h4-5,11-12H,3,6-10,13-14H2,1-2H3,(H,21,22,23). The minimum Gasteiger partial charge on any atom is -0.454 e. The second kappa shape index (κ2) is 8.00. The van der Waals surface area contributed by atoms with E-state index in [9.17, 15) is 0 Å². The van der Waals surface area contributed by atoms with Crippen LogP contribution in [0.2, 0.25) is 0 Å². The van der Waals surface area contributed by atoms with Gasteiger partial charge < -0.3 is 19.7 Å². The number of aromatic nitrogens is 2. The summed E-state index contributed by atoms with van der Waals surface area (Å²) in [5.41, 5.74) is 1.26. The minimum absolute atomic E-state index is 0.324. The molecule has 1 aromatic carbocycles. The first kappa shape index (κ1) is 17.9. The number of ether oxygens (including phenoxy) is 2. The molecule has 0 bridgehead atoms. The summed E-state index contributed by atoms with van der Waals surface area (Å²) in [6.45, 7) is 10.2. The van der Waals surface area contributed by atoms with Gasteiger partial charge in [-0.25, -0.2) is 9.97 Å². The largest absolute Gasteiger partial charge is 0.454 e. The molecule has 2 aliphatic heterocycles. The topological polar surface area (TPSA) is 62.8 Å². The van der Waals surface area contributed by atoms with Crippen molar-refractivity contribution in [1.82, 2.24) is 14.9 Å². The van der Waals surface area contributed by atoms with E-state index in [1.54, 1.807) is 0 Å². The van der Waals surface area contributed by atoms with Crippen LogP contribution in [-0.2, 0) is 6.54 Å². The lowest BCUT2D eigenvalue weighted by atomic mass is 10.1. The fraction of sp³-hybridized carbons (Fsp3) is 0.500. The highest BCUT2D eigenvalue weighted by atomic mass is 16.7. The van der Waals surface area contributed by atoms with E-state index in [1.807, 2.05) is 13.0 Å². The SMILES string of the molecule is CCCNc1cc(N2CCN(Cc3ccc4c(c3)OCO4)CC2)nc(C)n1. The molecule has 144 valence electrons. The Labute approximate surface area is 160 Å². The van der Waals surface area contributed by atoms with Crippen LogP contribution in [0.3, 0.4) is 0 Å². The van der Waals surface area contributed by atoms with E-state index in [1.165, 1.54) is 5.56 Å². The normalized spacial score (nSPS) is 16.6. The van der Waals surface area contributed by atoms with Crippen LogP contribution in [0, 0.1) is 6.92 Å². The van der Waals surface area contributed by atoms with E-state index in [0.29, 0.717) is 6.79 Å². The minimum atomic E-state index is 0.324. The van der Waals surface area contributed by atoms with Gasteiger partial charge in [-0.3, -0.25) is 4.90 Å². The average molecular weight is 369 g/mol. The van der Waals surface area contributed by atoms with Crippen molar-refractivity contribution in [3.63, 3.8) is 0 Å². The van der Waals surface area contributed by atoms with Gasteiger partial charge in [0.05, 0.1) is 0 Å². The van der Waals surface area contributed by atoms with Crippen LogP contribution in [0.15, 0.2) is 24.3 Å². The van der Waals surface area contributed by atoms with E-state index in [-0.39, 0.29) is 0 Å². The molecule has 4 rings (SSSR count). The lowest BCUT2D eigenvalue weighted by molar-refractivity contribution is 0.174. The van der Waals surface area contributed by atoms with Crippen LogP contribution >= 0.6 is 0 Å². The van der Waals surface area contributed by atoms with Gasteiger partial charge in [0.1, 0.15) is 17.5 Å². The smallest absolute Gasteiger partial charge is 0.231 e. The van der Waals surface area contributed by atoms with Crippen LogP contribution in [0.5, 0.6) is 11.5 Å². The monoisotopic (exact) mass is 369 g/mol. The molecule has 0 radical (unpaired) electrons. The molecular formula is C20H27N5O2. The molecule has 7 nitrogen and oxygen atoms in total. The quantitative estimate of drug-likeness (QED) is 0.840. The predicted molar refractivity (Wildman–Crippen MR) is 106 cm³/mol. The molecule has 0 atom stereocenters. The number of anilines is 2. The van der Waals surface area contributed by atoms with Gasteiger partial charge in [0.25, 0.3) is 0 Å². The summed E-state index contributed by atoms with van der Waals surface area (Å²) >= 11 is 0. The summed E-state index contributed by atoms with van der Waals surface area (Å²) in [6, 6.07) is 8.28. The summed E-state index contributed by atoms with van der Waals surface area (Å²) < 4.78 is 10.9. The van der Waals surface area contributed by atoms with Gasteiger partial charge in [-0.1, -0.05) is 13.0 Å². The summed E-state index contributed by atoms with van der Waals surface area (Å²) in [7, 11) is 0. The summed E-state index contributed by atoms with van der Waals surface area (Å²) in [4.78, 5) is 13.9. The van der Waals surface area contributed by atoms with Crippen LogP contribution in [0.1, 0.15) is 24.7 Å². The van der Waals surface area contributed by atoms with E-state index in [2.05, 4.69) is 50.2 Å². The zero-order valence-corrected chi connectivity index (χ0v) is 16.1. The van der Waals surface area contributed by atoms with Crippen molar-refractivity contribution in [3.8, 4) is 11.5 Å². The summed E-state index contributed by atoms with van der Waals surface area (Å²) in [5.74, 6) is 4.45. The number of piperazine rings is 1. The van der Waals surface area contributed by atoms with Crippen LogP contribution < -0.4 is 19.7 Å². The molecule has 2 aliphatic rings. The molecule has 1 fully saturated rings. The second-order valence-corrected chi connectivity index (χ2v) is 7.04. The summed E-state index contributed by atoms with van der Waals surface area (Å²) in [6.07, 6.45) is 1.08. The Balaban J connectivity index is 1.35. The lowest BCUT2D eigenvalue weighted by Gasteiger charge is -2.35. The van der Waals surface area contributed by atoms with Gasteiger partial charge in [0, 0.05) is 45.3 Å². The van der Waals surface area contributed by atoms with Gasteiger partial charge in [0.2, 0.25) is 6.79 Å². The maximum absolute atomic E-state index is 5.48. The number of hydrogen-bond donors (Lipinski definition) is 1. The first-order valence-electron chi connectivity index (χ1n) is 9.66. The van der Waals surface area contributed by atoms with Crippen LogP contribution in [-0.4, -0.2) is 54.4 Å². The number of fused-ring (bicyclic) bond motifs is 1. The van der Waals surface area contributed by atoms with Crippen molar-refractivity contribution in [3.05, 3.63) is 35.7 Å². The Hall–Kier alpha value is -2.54. The fourth-order valence-electron chi connectivity index (χ4n) is 3.49. The second-order valence-electron chi connectivity index (χ2n) is 7.04. The van der Waals surface area contributed by atoms with Gasteiger partial charge >= 0.3 is 0 Å². The Bertz CT molecular complexity index is 790. The molecule has 0 aliphatic carbocycles. The van der Waals surface area contributed by atoms with E-state index < -0.39 is 0 Å². The fourth-order valence-corrected chi connectivity index (χ4v) is 3.49. The first-order chi connectivity index (χ1) is 13.2. The van der Waals surface area contributed by atoms with E-state index in [0.717, 1.165) is 74.6 Å². The zero-order valence-electron chi connectivity index (χ0n) is 16.1. The highest BCUT2D eigenvalue weighted by molar-refractivity contribution is 5.50. The number of aryl methyl sites for hydroxylation is 1. The van der Waals surface area contributed by atoms with E-state index in [4.69, 9.17) is 9.47 Å². The zero-order chi connectivity index (χ0) is 18.6. The van der Waals surface area contributed by atoms with Crippen molar-refractivity contribution in [1.29, 1.82) is 0 Å². The van der Waals surface area contributed by atoms with Gasteiger partial charge in [-0.05, 0) is 31.0 Å². The van der Waals surface area contributed by atoms with Crippen LogP contribution in [0.25, 0.3) is 0 Å². The molecule has 1 saturated heterocycles. The van der Waals surface area contributed by atoms with E-state index >= 15 is 0 Å². The van der Waals surface area contributed by atoms with Crippen LogP contribution in [0.4, 0.5) is 11.6 Å². The van der Waals surface area contributed by atoms with Crippen molar-refractivity contribution >= 4 is 11.6 Å². The highest BCUT2D eigenvalue weighted by Gasteiger charge is 2.20. The maximum Gasteiger partial charge on any atom is 0.231 e. The Morgan fingerprint density at radius 2 is 1.85 bits per heavy atom. The number of hydrogen-bond acceptors (Lipinski definition) is 7. The molecule has 2 aromatic rings. The molecule has 3 heterocycles. The molecule has 1 N–H and O–H groups in total. The lowest BCUT2D eigenvalue weighted by Crippen LogP contribution is -2.46. The molecule has 0 unspecified atom stereocenters. The molecule has 1 aromatic heterocycles. The van der Waals surface area contributed by atoms with Gasteiger partial charge in [-0.15, -0.1) is 0 Å². The Morgan fingerprint density at radius 3 is 2.67 bits per heavy atom. The predicted octanol–water partition coefficient (Wildman–Crippen LogP) is 2.66. The third kappa shape index (κ3) is 4.24. The number of nitrogens with zero attached hydrogens (tertiary/aromatic N) is 4. The number of nitrogens with one attached hydrogen (secondary N) is 1. The highest BCUT2D eigenvalue weighted by Crippen LogP contribution is 2.33. The Morgan fingerprint density at radius 1 is 1.04 bits per heavy atom. The molecular weight excluding hydrogens is 342 g/mol. The molecule has 27 heavy (non-hydrogen) atoms. The summed E-state index contributed by atoms with van der Waals surface area (Å²) in [5, 5.41) is 3.37. The van der Waals surface area contributed by atoms with Crippen molar-refractivity contribution in [2.75, 3.05) is 49.7 Å². The molecule has 7 heteroatoms. The Kier molecular flexibility index (Phi) is 5.29. The molecule has 0 amide bonds. The van der Waals surface area contributed by atoms with Gasteiger partial charge in [-0.2, -0.15) is 0 Å². The average Bonchev–Trinajstić information content (AvgIpc) is 3.14. The molecule has 0 saturated carbocycles. The first-order valence-corrected chi connectivity index (χ1v) is 9.66. The van der Waals surface area contributed by atoms with Crippen molar-refractivity contribution in [2.45, 2.75) is 26.8 Å². The number of rotatable bonds is 6. The molecule has 0 spiro atoms. The maximum atomic E-state index is 5.48. The third-order valence-corrected chi connectivity index (χ3v) is 4.92. The third-order valence-electron chi connectivity index (χ3n) is 4.92.